The minimum atomic E-state index is -0.415. The molecule has 5 nitrogen and oxygen atoms in total. The Hall–Kier alpha value is -0.810. The topological polar surface area (TPSA) is 50.8 Å². The molecule has 3 rings (SSSR count). The van der Waals surface area contributed by atoms with Gasteiger partial charge in [-0.05, 0) is 66.2 Å². The van der Waals surface area contributed by atoms with E-state index >= 15 is 0 Å². The van der Waals surface area contributed by atoms with Crippen LogP contribution in [0.5, 0.6) is 0 Å². The van der Waals surface area contributed by atoms with Gasteiger partial charge in [-0.25, -0.2) is 4.79 Å². The van der Waals surface area contributed by atoms with Crippen molar-refractivity contribution in [3.63, 3.8) is 0 Å². The summed E-state index contributed by atoms with van der Waals surface area (Å²) in [5.41, 5.74) is -0.225. The zero-order valence-electron chi connectivity index (χ0n) is 15.1. The lowest BCUT2D eigenvalue weighted by molar-refractivity contribution is -0.000718. The van der Waals surface area contributed by atoms with E-state index in [1.807, 2.05) is 25.7 Å². The molecule has 3 fully saturated rings. The lowest BCUT2D eigenvalue weighted by Crippen LogP contribution is -2.58. The minimum Gasteiger partial charge on any atom is -0.444 e. The van der Waals surface area contributed by atoms with Gasteiger partial charge in [-0.2, -0.15) is 0 Å². The smallest absolute Gasteiger partial charge is 0.410 e. The highest BCUT2D eigenvalue weighted by molar-refractivity contribution is 5.69. The maximum atomic E-state index is 12.5. The molecule has 23 heavy (non-hydrogen) atoms. The number of piperidine rings is 1. The van der Waals surface area contributed by atoms with Gasteiger partial charge in [0, 0.05) is 36.9 Å². The number of hydrogen-bond donors (Lipinski definition) is 1. The molecule has 0 aromatic rings. The molecule has 1 N–H and O–H groups in total. The summed E-state index contributed by atoms with van der Waals surface area (Å²) in [5.74, 6) is 0. The number of carbonyl (C=O) groups excluding carboxylic acids is 1. The molecule has 2 atom stereocenters. The SMILES string of the molecule is CC1(NC2CC3CCC(C2)N3C(=O)OC(C)(C)C)CCOCC1. The zero-order chi connectivity index (χ0) is 16.7. The Morgan fingerprint density at radius 1 is 1.17 bits per heavy atom. The number of rotatable bonds is 2. The maximum absolute atomic E-state index is 12.5. The van der Waals surface area contributed by atoms with Gasteiger partial charge in [0.15, 0.2) is 0 Å². The number of amides is 1. The predicted molar refractivity (Wildman–Crippen MR) is 89.5 cm³/mol. The van der Waals surface area contributed by atoms with Crippen molar-refractivity contribution in [2.45, 2.75) is 95.5 Å². The maximum Gasteiger partial charge on any atom is 0.410 e. The van der Waals surface area contributed by atoms with E-state index in [0.29, 0.717) is 18.1 Å². The third-order valence-corrected chi connectivity index (χ3v) is 5.49. The monoisotopic (exact) mass is 324 g/mol. The van der Waals surface area contributed by atoms with Crippen molar-refractivity contribution in [3.8, 4) is 0 Å². The molecule has 0 aromatic heterocycles. The molecule has 5 heteroatoms. The van der Waals surface area contributed by atoms with Crippen LogP contribution in [0.4, 0.5) is 4.79 Å². The van der Waals surface area contributed by atoms with Gasteiger partial charge in [0.05, 0.1) is 0 Å². The molecule has 0 aliphatic carbocycles. The molecule has 3 aliphatic heterocycles. The fourth-order valence-corrected chi connectivity index (χ4v) is 4.37. The largest absolute Gasteiger partial charge is 0.444 e. The predicted octanol–water partition coefficient (Wildman–Crippen LogP) is 3.08. The molecule has 3 saturated heterocycles. The molecule has 2 bridgehead atoms. The van der Waals surface area contributed by atoms with Crippen LogP contribution in [0.1, 0.15) is 66.2 Å². The highest BCUT2D eigenvalue weighted by Crippen LogP contribution is 2.38. The average Bonchev–Trinajstić information content (AvgIpc) is 2.69. The van der Waals surface area contributed by atoms with E-state index in [9.17, 15) is 4.79 Å². The fourth-order valence-electron chi connectivity index (χ4n) is 4.37. The molecule has 132 valence electrons. The quantitative estimate of drug-likeness (QED) is 0.848. The summed E-state index contributed by atoms with van der Waals surface area (Å²) in [5, 5.41) is 3.88. The first kappa shape index (κ1) is 17.0. The molecule has 0 saturated carbocycles. The first-order chi connectivity index (χ1) is 10.8. The molecule has 1 amide bonds. The van der Waals surface area contributed by atoms with Crippen LogP contribution in [0, 0.1) is 0 Å². The number of ether oxygens (including phenoxy) is 2. The van der Waals surface area contributed by atoms with E-state index in [0.717, 1.165) is 51.7 Å². The highest BCUT2D eigenvalue weighted by atomic mass is 16.6. The Kier molecular flexibility index (Phi) is 4.62. The van der Waals surface area contributed by atoms with Crippen LogP contribution < -0.4 is 5.32 Å². The van der Waals surface area contributed by atoms with Gasteiger partial charge in [0.1, 0.15) is 5.60 Å². The van der Waals surface area contributed by atoms with Crippen molar-refractivity contribution in [1.29, 1.82) is 0 Å². The molecular weight excluding hydrogens is 292 g/mol. The Morgan fingerprint density at radius 3 is 2.26 bits per heavy atom. The van der Waals surface area contributed by atoms with Crippen molar-refractivity contribution in [2.24, 2.45) is 0 Å². The third-order valence-electron chi connectivity index (χ3n) is 5.49. The number of hydrogen-bond acceptors (Lipinski definition) is 4. The lowest BCUT2D eigenvalue weighted by Gasteiger charge is -2.44. The number of carbonyl (C=O) groups is 1. The second-order valence-corrected chi connectivity index (χ2v) is 8.76. The summed E-state index contributed by atoms with van der Waals surface area (Å²) in [6.07, 6.45) is 6.35. The summed E-state index contributed by atoms with van der Waals surface area (Å²) in [6.45, 7) is 9.84. The molecular formula is C18H32N2O3. The van der Waals surface area contributed by atoms with Crippen molar-refractivity contribution < 1.29 is 14.3 Å². The van der Waals surface area contributed by atoms with Crippen LogP contribution in [-0.2, 0) is 9.47 Å². The first-order valence-corrected chi connectivity index (χ1v) is 9.12. The van der Waals surface area contributed by atoms with Crippen LogP contribution in [0.2, 0.25) is 0 Å². The van der Waals surface area contributed by atoms with Crippen LogP contribution in [0.25, 0.3) is 0 Å². The fraction of sp³-hybridized carbons (Fsp3) is 0.944. The molecule has 0 spiro atoms. The Bertz CT molecular complexity index is 426. The van der Waals surface area contributed by atoms with Crippen molar-refractivity contribution >= 4 is 6.09 Å². The number of nitrogens with zero attached hydrogens (tertiary/aromatic N) is 1. The summed E-state index contributed by atoms with van der Waals surface area (Å²) in [6, 6.07) is 1.18. The lowest BCUT2D eigenvalue weighted by atomic mass is 9.88. The second-order valence-electron chi connectivity index (χ2n) is 8.76. The normalized spacial score (nSPS) is 33.6. The van der Waals surface area contributed by atoms with Gasteiger partial charge in [-0.15, -0.1) is 0 Å². The molecule has 2 unspecified atom stereocenters. The van der Waals surface area contributed by atoms with E-state index in [2.05, 4.69) is 12.2 Å². The van der Waals surface area contributed by atoms with E-state index < -0.39 is 5.60 Å². The van der Waals surface area contributed by atoms with Gasteiger partial charge >= 0.3 is 6.09 Å². The van der Waals surface area contributed by atoms with E-state index in [4.69, 9.17) is 9.47 Å². The third kappa shape index (κ3) is 4.00. The Morgan fingerprint density at radius 2 is 1.74 bits per heavy atom. The average molecular weight is 324 g/mol. The van der Waals surface area contributed by atoms with Gasteiger partial charge in [-0.3, -0.25) is 0 Å². The summed E-state index contributed by atoms with van der Waals surface area (Å²) in [7, 11) is 0. The number of fused-ring (bicyclic) bond motifs is 2. The first-order valence-electron chi connectivity index (χ1n) is 9.12. The molecule has 3 heterocycles. The van der Waals surface area contributed by atoms with Gasteiger partial charge in [-0.1, -0.05) is 0 Å². The van der Waals surface area contributed by atoms with Crippen LogP contribution in [0.15, 0.2) is 0 Å². The van der Waals surface area contributed by atoms with E-state index in [1.165, 1.54) is 0 Å². The minimum absolute atomic E-state index is 0.124. The Labute approximate surface area is 140 Å². The molecule has 3 aliphatic rings. The summed E-state index contributed by atoms with van der Waals surface area (Å²) < 4.78 is 11.1. The van der Waals surface area contributed by atoms with Gasteiger partial charge in [0.25, 0.3) is 0 Å². The second kappa shape index (κ2) is 6.25. The van der Waals surface area contributed by atoms with Gasteiger partial charge in [0.2, 0.25) is 0 Å². The summed E-state index contributed by atoms with van der Waals surface area (Å²) >= 11 is 0. The van der Waals surface area contributed by atoms with E-state index in [1.54, 1.807) is 0 Å². The number of nitrogens with one attached hydrogen (secondary N) is 1. The van der Waals surface area contributed by atoms with Crippen LogP contribution >= 0.6 is 0 Å². The standard InChI is InChI=1S/C18H32N2O3/c1-17(2,3)23-16(21)20-14-5-6-15(20)12-13(11-14)19-18(4)7-9-22-10-8-18/h13-15,19H,5-12H2,1-4H3. The van der Waals surface area contributed by atoms with Crippen molar-refractivity contribution in [3.05, 3.63) is 0 Å². The summed E-state index contributed by atoms with van der Waals surface area (Å²) in [4.78, 5) is 14.5. The van der Waals surface area contributed by atoms with Crippen molar-refractivity contribution in [1.82, 2.24) is 10.2 Å². The van der Waals surface area contributed by atoms with Crippen LogP contribution in [-0.4, -0.2) is 53.5 Å². The van der Waals surface area contributed by atoms with Crippen LogP contribution in [0.3, 0.4) is 0 Å². The molecule has 0 radical (unpaired) electrons. The van der Waals surface area contributed by atoms with Crippen molar-refractivity contribution in [2.75, 3.05) is 13.2 Å². The zero-order valence-corrected chi connectivity index (χ0v) is 15.1. The Balaban J connectivity index is 1.59. The van der Waals surface area contributed by atoms with Gasteiger partial charge < -0.3 is 19.7 Å². The highest BCUT2D eigenvalue weighted by Gasteiger charge is 2.46. The molecule has 0 aromatic carbocycles. The van der Waals surface area contributed by atoms with E-state index in [-0.39, 0.29) is 11.6 Å².